The average Bonchev–Trinajstić information content (AvgIpc) is 2.43. The summed E-state index contributed by atoms with van der Waals surface area (Å²) in [5.41, 5.74) is 2.24. The van der Waals surface area contributed by atoms with E-state index in [2.05, 4.69) is 11.4 Å². The van der Waals surface area contributed by atoms with Gasteiger partial charge in [0.15, 0.2) is 9.84 Å². The topological polar surface area (TPSA) is 55.4 Å². The first-order valence-corrected chi connectivity index (χ1v) is 8.58. The molecule has 2 aromatic carbocycles. The van der Waals surface area contributed by atoms with Gasteiger partial charge in [-0.3, -0.25) is 0 Å². The number of benzene rings is 2. The number of aryl methyl sites for hydroxylation is 1. The van der Waals surface area contributed by atoms with Crippen molar-refractivity contribution in [2.75, 3.05) is 24.7 Å². The predicted molar refractivity (Wildman–Crippen MR) is 84.7 cm³/mol. The molecule has 0 bridgehead atoms. The van der Waals surface area contributed by atoms with Gasteiger partial charge in [0.2, 0.25) is 0 Å². The van der Waals surface area contributed by atoms with Crippen molar-refractivity contribution in [1.29, 1.82) is 0 Å². The number of hydrogen-bond donors (Lipinski definition) is 1. The van der Waals surface area contributed by atoms with Crippen LogP contribution in [0, 0.1) is 6.92 Å². The van der Waals surface area contributed by atoms with E-state index < -0.39 is 9.84 Å². The van der Waals surface area contributed by atoms with Crippen LogP contribution < -0.4 is 10.1 Å². The minimum absolute atomic E-state index is 0.270. The first-order chi connectivity index (χ1) is 9.95. The highest BCUT2D eigenvalue weighted by Crippen LogP contribution is 2.17. The number of rotatable bonds is 6. The van der Waals surface area contributed by atoms with E-state index in [0.29, 0.717) is 18.9 Å². The van der Waals surface area contributed by atoms with E-state index >= 15 is 0 Å². The van der Waals surface area contributed by atoms with Crippen LogP contribution in [0.15, 0.2) is 53.4 Å². The standard InChI is InChI=1S/C16H19NO3S/c1-13-5-3-6-14(11-13)17-9-10-20-15-7-4-8-16(12-15)21(2,18)19/h3-8,11-12,17H,9-10H2,1-2H3. The lowest BCUT2D eigenvalue weighted by molar-refractivity contribution is 0.332. The Balaban J connectivity index is 1.87. The molecular formula is C16H19NO3S. The summed E-state index contributed by atoms with van der Waals surface area (Å²) in [5, 5.41) is 3.26. The van der Waals surface area contributed by atoms with Crippen molar-refractivity contribution in [3.8, 4) is 5.75 Å². The van der Waals surface area contributed by atoms with E-state index in [1.807, 2.05) is 25.1 Å². The number of nitrogens with one attached hydrogen (secondary N) is 1. The number of ether oxygens (including phenoxy) is 1. The maximum atomic E-state index is 11.5. The summed E-state index contributed by atoms with van der Waals surface area (Å²) >= 11 is 0. The van der Waals surface area contributed by atoms with Crippen molar-refractivity contribution < 1.29 is 13.2 Å². The van der Waals surface area contributed by atoms with Crippen molar-refractivity contribution in [1.82, 2.24) is 0 Å². The van der Waals surface area contributed by atoms with Gasteiger partial charge in [0, 0.05) is 18.5 Å². The molecule has 0 saturated carbocycles. The minimum atomic E-state index is -3.20. The third-order valence-electron chi connectivity index (χ3n) is 2.95. The average molecular weight is 305 g/mol. The lowest BCUT2D eigenvalue weighted by Crippen LogP contribution is -2.11. The van der Waals surface area contributed by atoms with E-state index in [1.54, 1.807) is 24.3 Å². The molecule has 5 heteroatoms. The minimum Gasteiger partial charge on any atom is -0.492 e. The van der Waals surface area contributed by atoms with E-state index in [9.17, 15) is 8.42 Å². The number of hydrogen-bond acceptors (Lipinski definition) is 4. The molecule has 4 nitrogen and oxygen atoms in total. The molecule has 112 valence electrons. The van der Waals surface area contributed by atoms with Gasteiger partial charge in [0.25, 0.3) is 0 Å². The van der Waals surface area contributed by atoms with Gasteiger partial charge >= 0.3 is 0 Å². The van der Waals surface area contributed by atoms with E-state index in [-0.39, 0.29) is 4.90 Å². The molecule has 0 unspecified atom stereocenters. The largest absolute Gasteiger partial charge is 0.492 e. The summed E-state index contributed by atoms with van der Waals surface area (Å²) in [4.78, 5) is 0.270. The molecule has 0 aromatic heterocycles. The Hall–Kier alpha value is -2.01. The summed E-state index contributed by atoms with van der Waals surface area (Å²) in [6.07, 6.45) is 1.19. The molecule has 0 spiro atoms. The molecule has 0 atom stereocenters. The third-order valence-corrected chi connectivity index (χ3v) is 4.06. The Kier molecular flexibility index (Phi) is 4.85. The van der Waals surface area contributed by atoms with E-state index in [1.165, 1.54) is 11.8 Å². The number of anilines is 1. The lowest BCUT2D eigenvalue weighted by atomic mass is 10.2. The fraction of sp³-hybridized carbons (Fsp3) is 0.250. The molecule has 0 aliphatic rings. The molecule has 0 heterocycles. The summed E-state index contributed by atoms with van der Waals surface area (Å²) in [6, 6.07) is 14.6. The van der Waals surface area contributed by atoms with Gasteiger partial charge in [0.05, 0.1) is 4.90 Å². The van der Waals surface area contributed by atoms with Crippen LogP contribution in [0.3, 0.4) is 0 Å². The maximum absolute atomic E-state index is 11.5. The molecule has 0 aliphatic carbocycles. The number of sulfone groups is 1. The zero-order valence-electron chi connectivity index (χ0n) is 12.2. The van der Waals surface area contributed by atoms with Gasteiger partial charge < -0.3 is 10.1 Å². The van der Waals surface area contributed by atoms with Gasteiger partial charge in [-0.1, -0.05) is 18.2 Å². The Morgan fingerprint density at radius 3 is 2.57 bits per heavy atom. The van der Waals surface area contributed by atoms with Crippen LogP contribution in [-0.4, -0.2) is 27.8 Å². The normalized spacial score (nSPS) is 11.1. The highest BCUT2D eigenvalue weighted by molar-refractivity contribution is 7.90. The smallest absolute Gasteiger partial charge is 0.175 e. The molecule has 0 amide bonds. The van der Waals surface area contributed by atoms with Gasteiger partial charge in [-0.25, -0.2) is 8.42 Å². The Bertz CT molecular complexity index is 711. The maximum Gasteiger partial charge on any atom is 0.175 e. The molecule has 0 fully saturated rings. The Morgan fingerprint density at radius 2 is 1.86 bits per heavy atom. The van der Waals surface area contributed by atoms with E-state index in [0.717, 1.165) is 5.69 Å². The third kappa shape index (κ3) is 4.79. The van der Waals surface area contributed by atoms with Gasteiger partial charge in [-0.2, -0.15) is 0 Å². The first-order valence-electron chi connectivity index (χ1n) is 6.68. The quantitative estimate of drug-likeness (QED) is 0.834. The van der Waals surface area contributed by atoms with Crippen molar-refractivity contribution in [3.63, 3.8) is 0 Å². The van der Waals surface area contributed by atoms with Crippen LogP contribution in [-0.2, 0) is 9.84 Å². The SMILES string of the molecule is Cc1cccc(NCCOc2cccc(S(C)(=O)=O)c2)c1. The van der Waals surface area contributed by atoms with Crippen molar-refractivity contribution >= 4 is 15.5 Å². The fourth-order valence-corrected chi connectivity index (χ4v) is 2.57. The summed E-state index contributed by atoms with van der Waals surface area (Å²) in [5.74, 6) is 0.559. The van der Waals surface area contributed by atoms with Gasteiger partial charge in [-0.15, -0.1) is 0 Å². The van der Waals surface area contributed by atoms with Crippen LogP contribution in [0.4, 0.5) is 5.69 Å². The van der Waals surface area contributed by atoms with Crippen LogP contribution >= 0.6 is 0 Å². The van der Waals surface area contributed by atoms with Gasteiger partial charge in [0.1, 0.15) is 12.4 Å². The second-order valence-corrected chi connectivity index (χ2v) is 6.91. The molecule has 0 aliphatic heterocycles. The zero-order chi connectivity index (χ0) is 15.3. The monoisotopic (exact) mass is 305 g/mol. The molecule has 2 aromatic rings. The summed E-state index contributed by atoms with van der Waals surface area (Å²) in [7, 11) is -3.20. The van der Waals surface area contributed by atoms with Gasteiger partial charge in [-0.05, 0) is 42.8 Å². The van der Waals surface area contributed by atoms with Crippen LogP contribution in [0.1, 0.15) is 5.56 Å². The molecule has 0 saturated heterocycles. The lowest BCUT2D eigenvalue weighted by Gasteiger charge is -2.10. The second-order valence-electron chi connectivity index (χ2n) is 4.89. The fourth-order valence-electron chi connectivity index (χ4n) is 1.91. The molecule has 21 heavy (non-hydrogen) atoms. The highest BCUT2D eigenvalue weighted by Gasteiger charge is 2.07. The molecule has 1 N–H and O–H groups in total. The van der Waals surface area contributed by atoms with Crippen LogP contribution in [0.5, 0.6) is 5.75 Å². The Labute approximate surface area is 125 Å². The molecule has 2 rings (SSSR count). The first kappa shape index (κ1) is 15.4. The van der Waals surface area contributed by atoms with Crippen molar-refractivity contribution in [3.05, 3.63) is 54.1 Å². The summed E-state index contributed by atoms with van der Waals surface area (Å²) in [6.45, 7) is 3.14. The zero-order valence-corrected chi connectivity index (χ0v) is 13.0. The predicted octanol–water partition coefficient (Wildman–Crippen LogP) is 2.89. The molecule has 0 radical (unpaired) electrons. The van der Waals surface area contributed by atoms with E-state index in [4.69, 9.17) is 4.74 Å². The highest BCUT2D eigenvalue weighted by atomic mass is 32.2. The van der Waals surface area contributed by atoms with Crippen molar-refractivity contribution in [2.24, 2.45) is 0 Å². The Morgan fingerprint density at radius 1 is 1.10 bits per heavy atom. The second kappa shape index (κ2) is 6.63. The van der Waals surface area contributed by atoms with Crippen LogP contribution in [0.25, 0.3) is 0 Å². The van der Waals surface area contributed by atoms with Crippen molar-refractivity contribution in [2.45, 2.75) is 11.8 Å². The molecular weight excluding hydrogens is 286 g/mol. The summed E-state index contributed by atoms with van der Waals surface area (Å²) < 4.78 is 28.5. The van der Waals surface area contributed by atoms with Crippen LogP contribution in [0.2, 0.25) is 0 Å².